The summed E-state index contributed by atoms with van der Waals surface area (Å²) in [5, 5.41) is 10.8. The Kier molecular flexibility index (Phi) is 2.52. The molecule has 5 heteroatoms. The van der Waals surface area contributed by atoms with Crippen LogP contribution < -0.4 is 0 Å². The lowest BCUT2D eigenvalue weighted by atomic mass is 10.1. The van der Waals surface area contributed by atoms with E-state index in [1.807, 2.05) is 6.26 Å². The molecule has 0 aromatic heterocycles. The fourth-order valence-corrected chi connectivity index (χ4v) is 3.88. The SMILES string of the molecule is CSCC1=CS(=O)(=O)c2c(O)cccc21. The van der Waals surface area contributed by atoms with Crippen molar-refractivity contribution in [3.8, 4) is 5.75 Å². The Morgan fingerprint density at radius 3 is 2.80 bits per heavy atom. The molecular weight excluding hydrogens is 232 g/mol. The average Bonchev–Trinajstić information content (AvgIpc) is 2.40. The van der Waals surface area contributed by atoms with Crippen LogP contribution in [-0.4, -0.2) is 25.5 Å². The van der Waals surface area contributed by atoms with E-state index < -0.39 is 9.84 Å². The zero-order valence-corrected chi connectivity index (χ0v) is 9.73. The van der Waals surface area contributed by atoms with E-state index in [4.69, 9.17) is 0 Å². The van der Waals surface area contributed by atoms with E-state index >= 15 is 0 Å². The number of fused-ring (bicyclic) bond motifs is 1. The van der Waals surface area contributed by atoms with Crippen LogP contribution in [0.25, 0.3) is 5.57 Å². The summed E-state index contributed by atoms with van der Waals surface area (Å²) in [5.74, 6) is 0.468. The molecule has 2 rings (SSSR count). The summed E-state index contributed by atoms with van der Waals surface area (Å²) in [5.41, 5.74) is 1.39. The highest BCUT2D eigenvalue weighted by molar-refractivity contribution is 7.99. The Morgan fingerprint density at radius 2 is 2.13 bits per heavy atom. The van der Waals surface area contributed by atoms with E-state index in [-0.39, 0.29) is 10.6 Å². The van der Waals surface area contributed by atoms with Crippen molar-refractivity contribution < 1.29 is 13.5 Å². The molecule has 1 aliphatic heterocycles. The minimum atomic E-state index is -3.43. The van der Waals surface area contributed by atoms with Gasteiger partial charge < -0.3 is 5.11 Å². The Balaban J connectivity index is 2.68. The second-order valence-electron chi connectivity index (χ2n) is 3.27. The predicted octanol–water partition coefficient (Wildman–Crippen LogP) is 1.88. The first-order chi connectivity index (χ1) is 7.06. The Hall–Kier alpha value is -0.940. The standard InChI is InChI=1S/C10H10O3S2/c1-14-5-7-6-15(12,13)10-8(7)3-2-4-9(10)11/h2-4,6,11H,5H2,1H3. The number of phenols is 1. The summed E-state index contributed by atoms with van der Waals surface area (Å²) in [6.45, 7) is 0. The maximum atomic E-state index is 11.7. The van der Waals surface area contributed by atoms with Gasteiger partial charge in [-0.05, 0) is 17.9 Å². The van der Waals surface area contributed by atoms with E-state index in [9.17, 15) is 13.5 Å². The molecule has 0 fully saturated rings. The Labute approximate surface area is 92.7 Å². The molecule has 0 aliphatic carbocycles. The number of hydrogen-bond acceptors (Lipinski definition) is 4. The maximum absolute atomic E-state index is 11.7. The van der Waals surface area contributed by atoms with Crippen LogP contribution in [0.2, 0.25) is 0 Å². The Morgan fingerprint density at radius 1 is 1.40 bits per heavy atom. The zero-order valence-electron chi connectivity index (χ0n) is 8.10. The highest BCUT2D eigenvalue weighted by atomic mass is 32.2. The van der Waals surface area contributed by atoms with Crippen molar-refractivity contribution in [3.63, 3.8) is 0 Å². The third-order valence-corrected chi connectivity index (χ3v) is 4.41. The molecule has 0 saturated heterocycles. The lowest BCUT2D eigenvalue weighted by Gasteiger charge is -2.03. The van der Waals surface area contributed by atoms with E-state index in [1.54, 1.807) is 23.9 Å². The molecule has 0 amide bonds. The third kappa shape index (κ3) is 1.66. The van der Waals surface area contributed by atoms with Crippen molar-refractivity contribution in [2.24, 2.45) is 0 Å². The van der Waals surface area contributed by atoms with Gasteiger partial charge in [0.1, 0.15) is 10.6 Å². The fourth-order valence-electron chi connectivity index (χ4n) is 1.65. The number of aromatic hydroxyl groups is 1. The molecule has 3 nitrogen and oxygen atoms in total. The molecule has 1 N–H and O–H groups in total. The first kappa shape index (κ1) is 10.6. The normalized spacial score (nSPS) is 17.3. The number of rotatable bonds is 2. The van der Waals surface area contributed by atoms with Gasteiger partial charge in [-0.25, -0.2) is 8.42 Å². The van der Waals surface area contributed by atoms with Crippen molar-refractivity contribution in [3.05, 3.63) is 29.2 Å². The fraction of sp³-hybridized carbons (Fsp3) is 0.200. The summed E-state index contributed by atoms with van der Waals surface area (Å²) in [4.78, 5) is 0.0500. The first-order valence-corrected chi connectivity index (χ1v) is 7.27. The molecule has 0 saturated carbocycles. The van der Waals surface area contributed by atoms with Crippen LogP contribution in [0.15, 0.2) is 28.5 Å². The monoisotopic (exact) mass is 242 g/mol. The van der Waals surface area contributed by atoms with Gasteiger partial charge in [0.2, 0.25) is 9.84 Å². The molecule has 0 unspecified atom stereocenters. The average molecular weight is 242 g/mol. The van der Waals surface area contributed by atoms with Crippen LogP contribution in [0.1, 0.15) is 5.56 Å². The lowest BCUT2D eigenvalue weighted by Crippen LogP contribution is -1.93. The molecule has 1 heterocycles. The smallest absolute Gasteiger partial charge is 0.204 e. The van der Waals surface area contributed by atoms with Crippen molar-refractivity contribution in [1.82, 2.24) is 0 Å². The van der Waals surface area contributed by atoms with Crippen LogP contribution in [0.5, 0.6) is 5.75 Å². The summed E-state index contributed by atoms with van der Waals surface area (Å²) in [7, 11) is -3.43. The number of sulfone groups is 1. The van der Waals surface area contributed by atoms with Crippen LogP contribution >= 0.6 is 11.8 Å². The molecule has 0 radical (unpaired) electrons. The first-order valence-electron chi connectivity index (χ1n) is 4.33. The number of thioether (sulfide) groups is 1. The molecule has 0 bridgehead atoms. The van der Waals surface area contributed by atoms with Crippen molar-refractivity contribution in [2.45, 2.75) is 4.90 Å². The molecular formula is C10H10O3S2. The van der Waals surface area contributed by atoms with Gasteiger partial charge in [-0.15, -0.1) is 0 Å². The second-order valence-corrected chi connectivity index (χ2v) is 5.87. The zero-order chi connectivity index (χ0) is 11.1. The van der Waals surface area contributed by atoms with Crippen LogP contribution in [-0.2, 0) is 9.84 Å². The van der Waals surface area contributed by atoms with Gasteiger partial charge in [-0.2, -0.15) is 11.8 Å². The van der Waals surface area contributed by atoms with Crippen molar-refractivity contribution in [1.29, 1.82) is 0 Å². The maximum Gasteiger partial charge on any atom is 0.204 e. The van der Waals surface area contributed by atoms with E-state index in [0.29, 0.717) is 11.3 Å². The minimum Gasteiger partial charge on any atom is -0.507 e. The summed E-state index contributed by atoms with van der Waals surface area (Å²) in [6.07, 6.45) is 1.91. The van der Waals surface area contributed by atoms with Crippen LogP contribution in [0.4, 0.5) is 0 Å². The minimum absolute atomic E-state index is 0.0500. The van der Waals surface area contributed by atoms with Crippen molar-refractivity contribution in [2.75, 3.05) is 12.0 Å². The largest absolute Gasteiger partial charge is 0.507 e. The highest BCUT2D eigenvalue weighted by Crippen LogP contribution is 2.39. The number of hydrogen-bond donors (Lipinski definition) is 1. The van der Waals surface area contributed by atoms with Crippen molar-refractivity contribution >= 4 is 27.2 Å². The van der Waals surface area contributed by atoms with Gasteiger partial charge in [0.15, 0.2) is 0 Å². The van der Waals surface area contributed by atoms with Crippen LogP contribution in [0, 0.1) is 0 Å². The van der Waals surface area contributed by atoms with Gasteiger partial charge >= 0.3 is 0 Å². The van der Waals surface area contributed by atoms with Gasteiger partial charge in [0.25, 0.3) is 0 Å². The summed E-state index contributed by atoms with van der Waals surface area (Å²) >= 11 is 1.55. The Bertz CT molecular complexity index is 530. The molecule has 0 spiro atoms. The number of phenolic OH excluding ortho intramolecular Hbond substituents is 1. The topological polar surface area (TPSA) is 54.4 Å². The van der Waals surface area contributed by atoms with E-state index in [0.717, 1.165) is 5.57 Å². The van der Waals surface area contributed by atoms with Gasteiger partial charge in [0, 0.05) is 16.7 Å². The second kappa shape index (κ2) is 3.57. The highest BCUT2D eigenvalue weighted by Gasteiger charge is 2.29. The molecule has 1 aromatic carbocycles. The molecule has 1 aromatic rings. The summed E-state index contributed by atoms with van der Waals surface area (Å²) in [6, 6.07) is 4.77. The third-order valence-electron chi connectivity index (χ3n) is 2.22. The molecule has 15 heavy (non-hydrogen) atoms. The van der Waals surface area contributed by atoms with Crippen LogP contribution in [0.3, 0.4) is 0 Å². The van der Waals surface area contributed by atoms with Gasteiger partial charge in [-0.1, -0.05) is 12.1 Å². The van der Waals surface area contributed by atoms with Gasteiger partial charge in [-0.3, -0.25) is 0 Å². The predicted molar refractivity (Wildman–Crippen MR) is 61.7 cm³/mol. The number of benzene rings is 1. The van der Waals surface area contributed by atoms with E-state index in [2.05, 4.69) is 0 Å². The quantitative estimate of drug-likeness (QED) is 0.860. The van der Waals surface area contributed by atoms with Gasteiger partial charge in [0.05, 0.1) is 0 Å². The molecule has 0 atom stereocenters. The lowest BCUT2D eigenvalue weighted by molar-refractivity contribution is 0.459. The molecule has 1 aliphatic rings. The molecule has 80 valence electrons. The summed E-state index contributed by atoms with van der Waals surface area (Å²) < 4.78 is 23.4. The van der Waals surface area contributed by atoms with E-state index in [1.165, 1.54) is 11.5 Å².